The molecule has 1 atom stereocenters. The summed E-state index contributed by atoms with van der Waals surface area (Å²) in [4.78, 5) is 10.2. The van der Waals surface area contributed by atoms with Gasteiger partial charge in [0, 0.05) is 5.57 Å². The highest BCUT2D eigenvalue weighted by atomic mass is 19.4. The van der Waals surface area contributed by atoms with Crippen molar-refractivity contribution in [1.82, 2.24) is 0 Å². The highest BCUT2D eigenvalue weighted by molar-refractivity contribution is 5.86. The molecule has 2 nitrogen and oxygen atoms in total. The molecule has 8 heteroatoms. The van der Waals surface area contributed by atoms with Crippen molar-refractivity contribution in [3.05, 3.63) is 12.2 Å². The maximum Gasteiger partial charge on any atom is 0.402 e. The van der Waals surface area contributed by atoms with Gasteiger partial charge in [0.15, 0.2) is 5.41 Å². The zero-order chi connectivity index (χ0) is 20.3. The largest absolute Gasteiger partial charge is 0.466 e. The summed E-state index contributed by atoms with van der Waals surface area (Å²) >= 11 is 0. The molecule has 0 N–H and O–H groups in total. The molecular formula is C18H26F6O2. The fourth-order valence-electron chi connectivity index (χ4n) is 3.86. The quantitative estimate of drug-likeness (QED) is 0.333. The lowest BCUT2D eigenvalue weighted by Gasteiger charge is -2.46. The molecule has 2 bridgehead atoms. The Hall–Kier alpha value is -1.21. The summed E-state index contributed by atoms with van der Waals surface area (Å²) in [5.41, 5.74) is -3.13. The van der Waals surface area contributed by atoms with Gasteiger partial charge in [-0.05, 0) is 57.3 Å². The first-order valence-corrected chi connectivity index (χ1v) is 8.60. The van der Waals surface area contributed by atoms with E-state index >= 15 is 0 Å². The van der Waals surface area contributed by atoms with Crippen LogP contribution in [0.4, 0.5) is 26.3 Å². The Kier molecular flexibility index (Phi) is 7.21. The molecule has 26 heavy (non-hydrogen) atoms. The van der Waals surface area contributed by atoms with Crippen molar-refractivity contribution in [1.29, 1.82) is 0 Å². The van der Waals surface area contributed by atoms with Crippen LogP contribution >= 0.6 is 0 Å². The molecule has 152 valence electrons. The zero-order valence-corrected chi connectivity index (χ0v) is 15.3. The van der Waals surface area contributed by atoms with E-state index in [2.05, 4.69) is 11.3 Å². The molecule has 3 aliphatic rings. The van der Waals surface area contributed by atoms with Gasteiger partial charge < -0.3 is 4.74 Å². The van der Waals surface area contributed by atoms with E-state index < -0.39 is 30.1 Å². The topological polar surface area (TPSA) is 26.3 Å². The maximum atomic E-state index is 12.9. The monoisotopic (exact) mass is 388 g/mol. The first kappa shape index (κ1) is 22.8. The number of hydrogen-bond acceptors (Lipinski definition) is 2. The lowest BCUT2D eigenvalue weighted by atomic mass is 9.60. The van der Waals surface area contributed by atoms with Gasteiger partial charge in [0.1, 0.15) is 0 Å². The van der Waals surface area contributed by atoms with E-state index in [0.717, 1.165) is 25.7 Å². The van der Waals surface area contributed by atoms with E-state index in [1.165, 1.54) is 7.11 Å². The zero-order valence-electron chi connectivity index (χ0n) is 15.3. The molecule has 0 saturated heterocycles. The Morgan fingerprint density at radius 3 is 1.73 bits per heavy atom. The van der Waals surface area contributed by atoms with E-state index in [-0.39, 0.29) is 11.9 Å². The predicted molar refractivity (Wildman–Crippen MR) is 85.2 cm³/mol. The second-order valence-electron chi connectivity index (χ2n) is 7.58. The van der Waals surface area contributed by atoms with Crippen LogP contribution < -0.4 is 0 Å². The molecule has 0 aromatic heterocycles. The van der Waals surface area contributed by atoms with Gasteiger partial charge >= 0.3 is 18.3 Å². The molecule has 0 amide bonds. The number of alkyl halides is 6. The average Bonchev–Trinajstić information content (AvgIpc) is 2.53. The summed E-state index contributed by atoms with van der Waals surface area (Å²) in [6.07, 6.45) is -7.22. The number of methoxy groups -OCH3 is 1. The third kappa shape index (κ3) is 5.16. The molecule has 0 aromatic carbocycles. The normalized spacial score (nSPS) is 26.0. The number of carbonyl (C=O) groups is 1. The Bertz CT molecular complexity index is 487. The number of halogens is 6. The molecule has 0 radical (unpaired) electrons. The third-order valence-corrected chi connectivity index (χ3v) is 5.65. The number of rotatable bonds is 3. The minimum Gasteiger partial charge on any atom is -0.466 e. The van der Waals surface area contributed by atoms with Gasteiger partial charge in [-0.25, -0.2) is 4.79 Å². The number of esters is 1. The van der Waals surface area contributed by atoms with E-state index in [1.54, 1.807) is 6.92 Å². The van der Waals surface area contributed by atoms with Crippen molar-refractivity contribution < 1.29 is 35.9 Å². The lowest BCUT2D eigenvalue weighted by molar-refractivity contribution is -0.341. The Balaban J connectivity index is 0.000000412. The molecule has 3 aliphatic carbocycles. The van der Waals surface area contributed by atoms with Crippen LogP contribution in [0.2, 0.25) is 0 Å². The third-order valence-electron chi connectivity index (χ3n) is 5.65. The van der Waals surface area contributed by atoms with Crippen LogP contribution in [-0.4, -0.2) is 25.4 Å². The first-order chi connectivity index (χ1) is 11.7. The van der Waals surface area contributed by atoms with Crippen molar-refractivity contribution in [2.24, 2.45) is 23.2 Å². The van der Waals surface area contributed by atoms with Crippen LogP contribution in [0.1, 0.15) is 52.4 Å². The summed E-state index contributed by atoms with van der Waals surface area (Å²) < 4.78 is 81.5. The van der Waals surface area contributed by atoms with Crippen LogP contribution in [0.15, 0.2) is 12.2 Å². The SMILES string of the molecule is C=C(C)C(=O)OC.CC(CC1CC2CCC1CC2)(C(F)(F)F)C(F)(F)F. The van der Waals surface area contributed by atoms with E-state index in [4.69, 9.17) is 0 Å². The number of fused-ring (bicyclic) bond motifs is 3. The average molecular weight is 388 g/mol. The fraction of sp³-hybridized carbons (Fsp3) is 0.833. The summed E-state index contributed by atoms with van der Waals surface area (Å²) in [6, 6.07) is 0. The van der Waals surface area contributed by atoms with Crippen molar-refractivity contribution in [2.75, 3.05) is 7.11 Å². The summed E-state index contributed by atoms with van der Waals surface area (Å²) in [5.74, 6) is -0.393. The number of ether oxygens (including phenoxy) is 1. The van der Waals surface area contributed by atoms with Gasteiger partial charge in [-0.1, -0.05) is 19.4 Å². The van der Waals surface area contributed by atoms with E-state index in [0.29, 0.717) is 24.8 Å². The fourth-order valence-corrected chi connectivity index (χ4v) is 3.86. The minimum absolute atomic E-state index is 0.0500. The van der Waals surface area contributed by atoms with Crippen LogP contribution in [0, 0.1) is 23.2 Å². The molecule has 0 aliphatic heterocycles. The summed E-state index contributed by atoms with van der Waals surface area (Å²) in [6.45, 7) is 5.27. The van der Waals surface area contributed by atoms with Crippen LogP contribution in [0.5, 0.6) is 0 Å². The second kappa shape index (κ2) is 8.21. The molecule has 0 aromatic rings. The molecule has 3 fully saturated rings. The molecule has 1 unspecified atom stereocenters. The Morgan fingerprint density at radius 2 is 1.50 bits per heavy atom. The molecule has 0 spiro atoms. The minimum atomic E-state index is -5.23. The van der Waals surface area contributed by atoms with Gasteiger partial charge in [0.25, 0.3) is 0 Å². The van der Waals surface area contributed by atoms with Gasteiger partial charge in [0.05, 0.1) is 7.11 Å². The summed E-state index contributed by atoms with van der Waals surface area (Å²) in [5, 5.41) is 0. The highest BCUT2D eigenvalue weighted by Crippen LogP contribution is 2.57. The second-order valence-corrected chi connectivity index (χ2v) is 7.58. The van der Waals surface area contributed by atoms with Gasteiger partial charge in [-0.15, -0.1) is 0 Å². The Labute approximate surface area is 150 Å². The van der Waals surface area contributed by atoms with E-state index in [1.807, 2.05) is 0 Å². The molecule has 3 rings (SSSR count). The molecule has 3 saturated carbocycles. The molecular weight excluding hydrogens is 362 g/mol. The Morgan fingerprint density at radius 1 is 1.04 bits per heavy atom. The van der Waals surface area contributed by atoms with Gasteiger partial charge in [-0.2, -0.15) is 26.3 Å². The first-order valence-electron chi connectivity index (χ1n) is 8.60. The summed E-state index contributed by atoms with van der Waals surface area (Å²) in [7, 11) is 1.33. The van der Waals surface area contributed by atoms with E-state index in [9.17, 15) is 31.1 Å². The van der Waals surface area contributed by atoms with Crippen molar-refractivity contribution in [3.8, 4) is 0 Å². The van der Waals surface area contributed by atoms with Crippen LogP contribution in [0.3, 0.4) is 0 Å². The van der Waals surface area contributed by atoms with Crippen molar-refractivity contribution in [3.63, 3.8) is 0 Å². The van der Waals surface area contributed by atoms with Gasteiger partial charge in [-0.3, -0.25) is 0 Å². The van der Waals surface area contributed by atoms with Crippen molar-refractivity contribution >= 4 is 5.97 Å². The number of hydrogen-bond donors (Lipinski definition) is 0. The van der Waals surface area contributed by atoms with Crippen molar-refractivity contribution in [2.45, 2.75) is 64.7 Å². The standard InChI is InChI=1S/C13H18F6.C5H8O2/c1-11(12(14,15)16,13(17,18)19)7-10-6-8-2-4-9(10)5-3-8;1-4(2)5(6)7-3/h8-10H,2-7H2,1H3;1H2,2-3H3. The van der Waals surface area contributed by atoms with Crippen LogP contribution in [0.25, 0.3) is 0 Å². The predicted octanol–water partition coefficient (Wildman–Crippen LogP) is 6.07. The number of carbonyl (C=O) groups excluding carboxylic acids is 1. The molecule has 0 heterocycles. The smallest absolute Gasteiger partial charge is 0.402 e. The van der Waals surface area contributed by atoms with Gasteiger partial charge in [0.2, 0.25) is 0 Å². The van der Waals surface area contributed by atoms with Crippen LogP contribution in [-0.2, 0) is 9.53 Å². The lowest BCUT2D eigenvalue weighted by Crippen LogP contribution is -2.50. The maximum absolute atomic E-state index is 12.9. The highest BCUT2D eigenvalue weighted by Gasteiger charge is 2.68.